The van der Waals surface area contributed by atoms with E-state index in [-0.39, 0.29) is 28.4 Å². The van der Waals surface area contributed by atoms with Crippen molar-refractivity contribution in [2.75, 3.05) is 12.4 Å². The van der Waals surface area contributed by atoms with Crippen molar-refractivity contribution in [3.63, 3.8) is 0 Å². The number of halogens is 1. The standard InChI is InChI=1S/C20H24ClN3O2/c1-20(2,3)17(13-8-6-5-7-9-13)24-19(26)23-14-10-11-15(16(21)12-14)18(25)22-4/h5-12,17H,1-4H3,(H,22,25)(H2,23,24,26)/t17-/m1/s1. The molecule has 5 nitrogen and oxygen atoms in total. The van der Waals surface area contributed by atoms with Crippen molar-refractivity contribution in [2.24, 2.45) is 5.41 Å². The van der Waals surface area contributed by atoms with Gasteiger partial charge in [-0.2, -0.15) is 0 Å². The first-order valence-electron chi connectivity index (χ1n) is 8.36. The van der Waals surface area contributed by atoms with E-state index in [1.807, 2.05) is 30.3 Å². The summed E-state index contributed by atoms with van der Waals surface area (Å²) in [5.41, 5.74) is 1.74. The summed E-state index contributed by atoms with van der Waals surface area (Å²) in [4.78, 5) is 24.2. The topological polar surface area (TPSA) is 70.2 Å². The Morgan fingerprint density at radius 1 is 1.04 bits per heavy atom. The van der Waals surface area contributed by atoms with Crippen LogP contribution in [0.3, 0.4) is 0 Å². The second kappa shape index (κ2) is 8.23. The van der Waals surface area contributed by atoms with Gasteiger partial charge in [0.1, 0.15) is 0 Å². The van der Waals surface area contributed by atoms with Crippen LogP contribution in [0.15, 0.2) is 48.5 Å². The fourth-order valence-electron chi connectivity index (χ4n) is 2.66. The minimum Gasteiger partial charge on any atom is -0.355 e. The molecular formula is C20H24ClN3O2. The van der Waals surface area contributed by atoms with E-state index in [0.29, 0.717) is 11.3 Å². The third kappa shape index (κ3) is 4.99. The molecule has 0 aliphatic rings. The Morgan fingerprint density at radius 3 is 2.23 bits per heavy atom. The van der Waals surface area contributed by atoms with E-state index in [9.17, 15) is 9.59 Å². The molecule has 3 amide bonds. The van der Waals surface area contributed by atoms with Gasteiger partial charge >= 0.3 is 6.03 Å². The molecule has 0 saturated heterocycles. The van der Waals surface area contributed by atoms with Gasteiger partial charge in [0.15, 0.2) is 0 Å². The lowest BCUT2D eigenvalue weighted by Gasteiger charge is -2.32. The molecular weight excluding hydrogens is 350 g/mol. The Bertz CT molecular complexity index is 785. The molecule has 0 bridgehead atoms. The summed E-state index contributed by atoms with van der Waals surface area (Å²) in [5.74, 6) is -0.275. The van der Waals surface area contributed by atoms with Crippen LogP contribution in [0, 0.1) is 5.41 Å². The van der Waals surface area contributed by atoms with Crippen molar-refractivity contribution >= 4 is 29.2 Å². The minimum absolute atomic E-state index is 0.163. The number of amides is 3. The van der Waals surface area contributed by atoms with Crippen molar-refractivity contribution in [3.8, 4) is 0 Å². The molecule has 0 aliphatic heterocycles. The lowest BCUT2D eigenvalue weighted by molar-refractivity contribution is 0.0963. The quantitative estimate of drug-likeness (QED) is 0.732. The van der Waals surface area contributed by atoms with Crippen molar-refractivity contribution in [2.45, 2.75) is 26.8 Å². The van der Waals surface area contributed by atoms with Crippen LogP contribution in [0.2, 0.25) is 5.02 Å². The van der Waals surface area contributed by atoms with Gasteiger partial charge in [0.05, 0.1) is 16.6 Å². The Hall–Kier alpha value is -2.53. The number of hydrogen-bond donors (Lipinski definition) is 3. The predicted octanol–water partition coefficient (Wildman–Crippen LogP) is 4.61. The monoisotopic (exact) mass is 373 g/mol. The van der Waals surface area contributed by atoms with Crippen LogP contribution in [-0.2, 0) is 0 Å². The average Bonchev–Trinajstić information content (AvgIpc) is 2.59. The van der Waals surface area contributed by atoms with Gasteiger partial charge in [0.2, 0.25) is 0 Å². The molecule has 0 radical (unpaired) electrons. The molecule has 6 heteroatoms. The van der Waals surface area contributed by atoms with Crippen LogP contribution in [-0.4, -0.2) is 19.0 Å². The third-order valence-corrected chi connectivity index (χ3v) is 4.29. The number of carbonyl (C=O) groups is 2. The smallest absolute Gasteiger partial charge is 0.319 e. The first-order valence-corrected chi connectivity index (χ1v) is 8.74. The number of anilines is 1. The maximum atomic E-state index is 12.5. The second-order valence-corrected chi connectivity index (χ2v) is 7.49. The molecule has 2 rings (SSSR count). The molecule has 138 valence electrons. The van der Waals surface area contributed by atoms with E-state index in [4.69, 9.17) is 11.6 Å². The number of rotatable bonds is 4. The Kier molecular flexibility index (Phi) is 6.27. The van der Waals surface area contributed by atoms with Crippen molar-refractivity contribution in [3.05, 3.63) is 64.7 Å². The minimum atomic E-state index is -0.336. The number of carbonyl (C=O) groups excluding carboxylic acids is 2. The van der Waals surface area contributed by atoms with Crippen molar-refractivity contribution in [1.82, 2.24) is 10.6 Å². The molecule has 3 N–H and O–H groups in total. The molecule has 1 atom stereocenters. The van der Waals surface area contributed by atoms with Crippen molar-refractivity contribution in [1.29, 1.82) is 0 Å². The van der Waals surface area contributed by atoms with E-state index in [2.05, 4.69) is 36.7 Å². The Morgan fingerprint density at radius 2 is 1.69 bits per heavy atom. The van der Waals surface area contributed by atoms with Gasteiger partial charge in [-0.15, -0.1) is 0 Å². The van der Waals surface area contributed by atoms with Crippen LogP contribution in [0.25, 0.3) is 0 Å². The van der Waals surface area contributed by atoms with Gasteiger partial charge in [-0.25, -0.2) is 4.79 Å². The highest BCUT2D eigenvalue weighted by molar-refractivity contribution is 6.34. The largest absolute Gasteiger partial charge is 0.355 e. The maximum absolute atomic E-state index is 12.5. The molecule has 0 spiro atoms. The second-order valence-electron chi connectivity index (χ2n) is 7.08. The highest BCUT2D eigenvalue weighted by Gasteiger charge is 2.27. The summed E-state index contributed by atoms with van der Waals surface area (Å²) in [6.45, 7) is 6.21. The molecule has 0 saturated carbocycles. The number of benzene rings is 2. The van der Waals surface area contributed by atoms with Crippen LogP contribution in [0.5, 0.6) is 0 Å². The highest BCUT2D eigenvalue weighted by atomic mass is 35.5. The molecule has 0 heterocycles. The van der Waals surface area contributed by atoms with E-state index in [0.717, 1.165) is 5.56 Å². The summed E-state index contributed by atoms with van der Waals surface area (Å²) >= 11 is 6.13. The van der Waals surface area contributed by atoms with Crippen LogP contribution < -0.4 is 16.0 Å². The zero-order chi connectivity index (χ0) is 19.3. The Labute approximate surface area is 159 Å². The van der Waals surface area contributed by atoms with Gasteiger partial charge in [0.25, 0.3) is 5.91 Å². The fourth-order valence-corrected chi connectivity index (χ4v) is 2.92. The summed E-state index contributed by atoms with van der Waals surface area (Å²) in [6.07, 6.45) is 0. The summed E-state index contributed by atoms with van der Waals surface area (Å²) in [5, 5.41) is 8.59. The zero-order valence-electron chi connectivity index (χ0n) is 15.4. The van der Waals surface area contributed by atoms with Gasteiger partial charge in [-0.3, -0.25) is 4.79 Å². The molecule has 2 aromatic rings. The normalized spacial score (nSPS) is 12.2. The summed E-state index contributed by atoms with van der Waals surface area (Å²) < 4.78 is 0. The molecule has 2 aromatic carbocycles. The van der Waals surface area contributed by atoms with Crippen LogP contribution in [0.1, 0.15) is 42.7 Å². The lowest BCUT2D eigenvalue weighted by atomic mass is 9.82. The van der Waals surface area contributed by atoms with Gasteiger partial charge < -0.3 is 16.0 Å². The number of urea groups is 1. The zero-order valence-corrected chi connectivity index (χ0v) is 16.1. The molecule has 0 aliphatic carbocycles. The molecule has 0 unspecified atom stereocenters. The van der Waals surface area contributed by atoms with E-state index >= 15 is 0 Å². The number of hydrogen-bond acceptors (Lipinski definition) is 2. The molecule has 0 fully saturated rings. The fraction of sp³-hybridized carbons (Fsp3) is 0.300. The van der Waals surface area contributed by atoms with Gasteiger partial charge in [-0.05, 0) is 29.2 Å². The van der Waals surface area contributed by atoms with E-state index < -0.39 is 0 Å². The number of nitrogens with one attached hydrogen (secondary N) is 3. The summed E-state index contributed by atoms with van der Waals surface area (Å²) in [6, 6.07) is 14.1. The van der Waals surface area contributed by atoms with Crippen molar-refractivity contribution < 1.29 is 9.59 Å². The summed E-state index contributed by atoms with van der Waals surface area (Å²) in [7, 11) is 1.54. The van der Waals surface area contributed by atoms with E-state index in [1.165, 1.54) is 7.05 Å². The third-order valence-electron chi connectivity index (χ3n) is 3.97. The highest BCUT2D eigenvalue weighted by Crippen LogP contribution is 2.32. The first kappa shape index (κ1) is 19.8. The van der Waals surface area contributed by atoms with Crippen LogP contribution >= 0.6 is 11.6 Å². The first-order chi connectivity index (χ1) is 12.2. The average molecular weight is 374 g/mol. The van der Waals surface area contributed by atoms with Gasteiger partial charge in [-0.1, -0.05) is 62.7 Å². The lowest BCUT2D eigenvalue weighted by Crippen LogP contribution is -2.39. The Balaban J connectivity index is 2.14. The molecule has 26 heavy (non-hydrogen) atoms. The molecule has 0 aromatic heterocycles. The SMILES string of the molecule is CNC(=O)c1ccc(NC(=O)N[C@H](c2ccccc2)C(C)(C)C)cc1Cl. The van der Waals surface area contributed by atoms with Gasteiger partial charge in [0, 0.05) is 12.7 Å². The van der Waals surface area contributed by atoms with E-state index in [1.54, 1.807) is 18.2 Å². The predicted molar refractivity (Wildman–Crippen MR) is 106 cm³/mol. The maximum Gasteiger partial charge on any atom is 0.319 e. The van der Waals surface area contributed by atoms with Crippen LogP contribution in [0.4, 0.5) is 10.5 Å².